The molecule has 0 saturated carbocycles. The molecule has 0 radical (unpaired) electrons. The third-order valence-corrected chi connectivity index (χ3v) is 4.84. The second kappa shape index (κ2) is 8.87. The van der Waals surface area contributed by atoms with Crippen LogP contribution in [-0.4, -0.2) is 48.8 Å². The van der Waals surface area contributed by atoms with Crippen LogP contribution in [0.25, 0.3) is 10.8 Å². The molecular weight excluding hydrogens is 368 g/mol. The minimum Gasteiger partial charge on any atom is -0.493 e. The van der Waals surface area contributed by atoms with Crippen LogP contribution in [0.15, 0.2) is 48.7 Å². The number of ether oxygens (including phenoxy) is 2. The van der Waals surface area contributed by atoms with Crippen LogP contribution < -0.4 is 15.0 Å². The van der Waals surface area contributed by atoms with Crippen LogP contribution >= 0.6 is 0 Å². The van der Waals surface area contributed by atoms with Crippen LogP contribution in [0.4, 0.5) is 5.95 Å². The molecular formula is C22H24N4O3. The number of amides is 1. The normalized spacial score (nSPS) is 14.0. The smallest absolute Gasteiger partial charge is 0.256 e. The summed E-state index contributed by atoms with van der Waals surface area (Å²) in [7, 11) is 0. The van der Waals surface area contributed by atoms with E-state index in [1.807, 2.05) is 49.4 Å². The number of benzene rings is 2. The van der Waals surface area contributed by atoms with E-state index < -0.39 is 0 Å². The zero-order chi connectivity index (χ0) is 20.1. The Morgan fingerprint density at radius 1 is 1.17 bits per heavy atom. The summed E-state index contributed by atoms with van der Waals surface area (Å²) in [5, 5.41) is 4.85. The molecule has 1 amide bonds. The Hall–Kier alpha value is -3.19. The molecule has 1 N–H and O–H groups in total. The highest BCUT2D eigenvalue weighted by Gasteiger charge is 2.18. The van der Waals surface area contributed by atoms with E-state index in [1.165, 1.54) is 0 Å². The zero-order valence-electron chi connectivity index (χ0n) is 16.4. The second-order valence-electron chi connectivity index (χ2n) is 6.72. The standard InChI is InChI=1S/C22H24N4O3/c1-2-29-19-8-7-16-5-3-4-6-18(16)20(19)21(27)24-15-17-9-10-23-22(25-17)26-11-13-28-14-12-26/h3-10H,2,11-15H2,1H3,(H,24,27). The van der Waals surface area contributed by atoms with Gasteiger partial charge >= 0.3 is 0 Å². The average Bonchev–Trinajstić information content (AvgIpc) is 2.78. The Morgan fingerprint density at radius 3 is 2.83 bits per heavy atom. The number of nitrogens with one attached hydrogen (secondary N) is 1. The molecule has 1 aliphatic rings. The predicted molar refractivity (Wildman–Crippen MR) is 111 cm³/mol. The van der Waals surface area contributed by atoms with E-state index in [1.54, 1.807) is 6.20 Å². The van der Waals surface area contributed by atoms with Gasteiger partial charge in [-0.25, -0.2) is 9.97 Å². The predicted octanol–water partition coefficient (Wildman–Crippen LogP) is 2.80. The van der Waals surface area contributed by atoms with Crippen molar-refractivity contribution in [2.45, 2.75) is 13.5 Å². The van der Waals surface area contributed by atoms with Gasteiger partial charge in [0.05, 0.1) is 37.6 Å². The molecule has 29 heavy (non-hydrogen) atoms. The van der Waals surface area contributed by atoms with Crippen LogP contribution in [0.1, 0.15) is 23.0 Å². The molecule has 2 aromatic carbocycles. The number of morpholine rings is 1. The van der Waals surface area contributed by atoms with Crippen LogP contribution in [0, 0.1) is 0 Å². The summed E-state index contributed by atoms with van der Waals surface area (Å²) < 4.78 is 11.1. The first-order valence-electron chi connectivity index (χ1n) is 9.83. The van der Waals surface area contributed by atoms with Gasteiger partial charge in [0.25, 0.3) is 5.91 Å². The summed E-state index contributed by atoms with van der Waals surface area (Å²) in [5.41, 5.74) is 1.31. The van der Waals surface area contributed by atoms with Crippen LogP contribution in [-0.2, 0) is 11.3 Å². The molecule has 0 spiro atoms. The quantitative estimate of drug-likeness (QED) is 0.695. The van der Waals surface area contributed by atoms with Gasteiger partial charge < -0.3 is 19.7 Å². The highest BCUT2D eigenvalue weighted by molar-refractivity contribution is 6.09. The molecule has 0 unspecified atom stereocenters. The van der Waals surface area contributed by atoms with Crippen molar-refractivity contribution in [2.24, 2.45) is 0 Å². The number of rotatable bonds is 6. The summed E-state index contributed by atoms with van der Waals surface area (Å²) in [5.74, 6) is 1.07. The summed E-state index contributed by atoms with van der Waals surface area (Å²) >= 11 is 0. The number of fused-ring (bicyclic) bond motifs is 1. The van der Waals surface area contributed by atoms with Gasteiger partial charge in [-0.3, -0.25) is 4.79 Å². The molecule has 1 fully saturated rings. The van der Waals surface area contributed by atoms with E-state index in [0.717, 1.165) is 29.6 Å². The first-order valence-corrected chi connectivity index (χ1v) is 9.83. The molecule has 7 heteroatoms. The van der Waals surface area contributed by atoms with E-state index in [-0.39, 0.29) is 5.91 Å². The molecule has 0 atom stereocenters. The Morgan fingerprint density at radius 2 is 2.00 bits per heavy atom. The van der Waals surface area contributed by atoms with Gasteiger partial charge in [-0.15, -0.1) is 0 Å². The summed E-state index contributed by atoms with van der Waals surface area (Å²) in [6.07, 6.45) is 1.73. The van der Waals surface area contributed by atoms with E-state index >= 15 is 0 Å². The zero-order valence-corrected chi connectivity index (χ0v) is 16.4. The number of nitrogens with zero attached hydrogens (tertiary/aromatic N) is 3. The first kappa shape index (κ1) is 19.1. The molecule has 7 nitrogen and oxygen atoms in total. The lowest BCUT2D eigenvalue weighted by Gasteiger charge is -2.26. The summed E-state index contributed by atoms with van der Waals surface area (Å²) in [4.78, 5) is 24.1. The van der Waals surface area contributed by atoms with Crippen molar-refractivity contribution in [2.75, 3.05) is 37.8 Å². The fourth-order valence-electron chi connectivity index (χ4n) is 3.42. The molecule has 1 aromatic heterocycles. The Kier molecular flexibility index (Phi) is 5.86. The molecule has 0 bridgehead atoms. The SMILES string of the molecule is CCOc1ccc2ccccc2c1C(=O)NCc1ccnc(N2CCOCC2)n1. The minimum absolute atomic E-state index is 0.184. The van der Waals surface area contributed by atoms with Crippen LogP contribution in [0.3, 0.4) is 0 Å². The van der Waals surface area contributed by atoms with Crippen molar-refractivity contribution < 1.29 is 14.3 Å². The number of hydrogen-bond donors (Lipinski definition) is 1. The van der Waals surface area contributed by atoms with E-state index in [2.05, 4.69) is 20.2 Å². The van der Waals surface area contributed by atoms with Crippen molar-refractivity contribution >= 4 is 22.6 Å². The molecule has 0 aliphatic carbocycles. The first-order chi connectivity index (χ1) is 14.3. The van der Waals surface area contributed by atoms with E-state index in [0.29, 0.717) is 43.6 Å². The molecule has 1 aliphatic heterocycles. The van der Waals surface area contributed by atoms with Gasteiger partial charge in [0, 0.05) is 19.3 Å². The number of carbonyl (C=O) groups is 1. The maximum absolute atomic E-state index is 13.1. The lowest BCUT2D eigenvalue weighted by Crippen LogP contribution is -2.37. The average molecular weight is 392 g/mol. The van der Waals surface area contributed by atoms with Gasteiger partial charge in [0.2, 0.25) is 5.95 Å². The third kappa shape index (κ3) is 4.30. The van der Waals surface area contributed by atoms with Crippen molar-refractivity contribution in [3.63, 3.8) is 0 Å². The maximum atomic E-state index is 13.1. The van der Waals surface area contributed by atoms with Crippen molar-refractivity contribution in [3.8, 4) is 5.75 Å². The third-order valence-electron chi connectivity index (χ3n) is 4.84. The molecule has 4 rings (SSSR count). The Labute approximate surface area is 169 Å². The topological polar surface area (TPSA) is 76.6 Å². The number of aromatic nitrogens is 2. The highest BCUT2D eigenvalue weighted by Crippen LogP contribution is 2.28. The van der Waals surface area contributed by atoms with Gasteiger partial charge in [0.15, 0.2) is 0 Å². The van der Waals surface area contributed by atoms with Crippen molar-refractivity contribution in [3.05, 3.63) is 59.9 Å². The number of hydrogen-bond acceptors (Lipinski definition) is 6. The van der Waals surface area contributed by atoms with E-state index in [4.69, 9.17) is 9.47 Å². The largest absolute Gasteiger partial charge is 0.493 e. The lowest BCUT2D eigenvalue weighted by molar-refractivity contribution is 0.0948. The summed E-state index contributed by atoms with van der Waals surface area (Å²) in [6, 6.07) is 13.4. The fourth-order valence-corrected chi connectivity index (χ4v) is 3.42. The number of anilines is 1. The molecule has 150 valence electrons. The highest BCUT2D eigenvalue weighted by atomic mass is 16.5. The minimum atomic E-state index is -0.184. The Bertz CT molecular complexity index is 1000. The molecule has 1 saturated heterocycles. The Balaban J connectivity index is 1.54. The summed E-state index contributed by atoms with van der Waals surface area (Å²) in [6.45, 7) is 5.59. The maximum Gasteiger partial charge on any atom is 0.256 e. The second-order valence-corrected chi connectivity index (χ2v) is 6.72. The number of carbonyl (C=O) groups excluding carboxylic acids is 1. The van der Waals surface area contributed by atoms with Gasteiger partial charge in [0.1, 0.15) is 5.75 Å². The molecule has 2 heterocycles. The van der Waals surface area contributed by atoms with Crippen molar-refractivity contribution in [1.29, 1.82) is 0 Å². The van der Waals surface area contributed by atoms with Crippen molar-refractivity contribution in [1.82, 2.24) is 15.3 Å². The van der Waals surface area contributed by atoms with Crippen LogP contribution in [0.5, 0.6) is 5.75 Å². The van der Waals surface area contributed by atoms with Crippen LogP contribution in [0.2, 0.25) is 0 Å². The van der Waals surface area contributed by atoms with Gasteiger partial charge in [-0.2, -0.15) is 0 Å². The molecule has 3 aromatic rings. The van der Waals surface area contributed by atoms with Gasteiger partial charge in [-0.05, 0) is 29.8 Å². The monoisotopic (exact) mass is 392 g/mol. The van der Waals surface area contributed by atoms with Gasteiger partial charge in [-0.1, -0.05) is 30.3 Å². The fraction of sp³-hybridized carbons (Fsp3) is 0.318. The lowest BCUT2D eigenvalue weighted by atomic mass is 10.0. The van der Waals surface area contributed by atoms with E-state index in [9.17, 15) is 4.79 Å².